The van der Waals surface area contributed by atoms with Crippen molar-refractivity contribution in [3.05, 3.63) is 35.9 Å². The van der Waals surface area contributed by atoms with Crippen molar-refractivity contribution >= 4 is 0 Å². The maximum Gasteiger partial charge on any atom is 0.0590 e. The number of fused-ring (bicyclic) bond motifs is 1. The number of nitrogens with zero attached hydrogens (tertiary/aromatic N) is 2. The molecule has 3 nitrogen and oxygen atoms in total. The summed E-state index contributed by atoms with van der Waals surface area (Å²) < 4.78 is 6.25. The van der Waals surface area contributed by atoms with Crippen LogP contribution in [0.4, 0.5) is 0 Å². The Bertz CT molecular complexity index is 506. The van der Waals surface area contributed by atoms with Gasteiger partial charge in [-0.25, -0.2) is 0 Å². The van der Waals surface area contributed by atoms with E-state index in [1.54, 1.807) is 0 Å². The first-order valence-corrected chi connectivity index (χ1v) is 9.25. The average molecular weight is 314 g/mol. The molecule has 126 valence electrons. The Morgan fingerprint density at radius 3 is 2.48 bits per heavy atom. The van der Waals surface area contributed by atoms with Gasteiger partial charge in [0.25, 0.3) is 0 Å². The Labute approximate surface area is 140 Å². The summed E-state index contributed by atoms with van der Waals surface area (Å²) in [5, 5.41) is 0. The summed E-state index contributed by atoms with van der Waals surface area (Å²) in [5.41, 5.74) is 1.45. The molecule has 0 spiro atoms. The summed E-state index contributed by atoms with van der Waals surface area (Å²) in [5.74, 6) is 2.66. The highest BCUT2D eigenvalue weighted by Crippen LogP contribution is 2.52. The van der Waals surface area contributed by atoms with Crippen molar-refractivity contribution < 1.29 is 4.74 Å². The Morgan fingerprint density at radius 2 is 1.83 bits per heavy atom. The molecule has 23 heavy (non-hydrogen) atoms. The maximum absolute atomic E-state index is 6.25. The van der Waals surface area contributed by atoms with Crippen LogP contribution in [-0.2, 0) is 11.3 Å². The second kappa shape index (κ2) is 6.54. The number of rotatable bonds is 6. The molecule has 3 heteroatoms. The number of piperidine rings is 1. The van der Waals surface area contributed by atoms with Crippen LogP contribution in [0.25, 0.3) is 0 Å². The second-order valence-electron chi connectivity index (χ2n) is 8.06. The van der Waals surface area contributed by atoms with Crippen molar-refractivity contribution in [1.29, 1.82) is 0 Å². The predicted molar refractivity (Wildman–Crippen MR) is 93.3 cm³/mol. The van der Waals surface area contributed by atoms with Crippen molar-refractivity contribution in [1.82, 2.24) is 9.80 Å². The molecule has 4 unspecified atom stereocenters. The van der Waals surface area contributed by atoms with Crippen LogP contribution in [-0.4, -0.2) is 55.7 Å². The van der Waals surface area contributed by atoms with E-state index in [0.717, 1.165) is 36.9 Å². The normalized spacial score (nSPS) is 36.6. The molecule has 0 amide bonds. The fourth-order valence-electron chi connectivity index (χ4n) is 4.74. The van der Waals surface area contributed by atoms with E-state index in [1.165, 1.54) is 37.9 Å². The molecular formula is C20H30N2O. The molecule has 0 radical (unpaired) electrons. The van der Waals surface area contributed by atoms with Crippen LogP contribution >= 0.6 is 0 Å². The van der Waals surface area contributed by atoms with E-state index < -0.39 is 0 Å². The van der Waals surface area contributed by atoms with Crippen molar-refractivity contribution in [3.8, 4) is 0 Å². The molecule has 1 aromatic rings. The Morgan fingerprint density at radius 1 is 1.09 bits per heavy atom. The molecule has 2 saturated carbocycles. The van der Waals surface area contributed by atoms with Gasteiger partial charge in [0.05, 0.1) is 12.7 Å². The van der Waals surface area contributed by atoms with Gasteiger partial charge in [-0.2, -0.15) is 0 Å². The van der Waals surface area contributed by atoms with Gasteiger partial charge in [0, 0.05) is 25.7 Å². The summed E-state index contributed by atoms with van der Waals surface area (Å²) in [4.78, 5) is 4.98. The Balaban J connectivity index is 1.17. The minimum atomic E-state index is 0.518. The van der Waals surface area contributed by atoms with Gasteiger partial charge >= 0.3 is 0 Å². The number of hydrogen-bond acceptors (Lipinski definition) is 3. The summed E-state index contributed by atoms with van der Waals surface area (Å²) in [6.45, 7) is 4.69. The zero-order chi connectivity index (χ0) is 15.8. The third-order valence-electron chi connectivity index (χ3n) is 6.31. The van der Waals surface area contributed by atoms with Gasteiger partial charge in [-0.15, -0.1) is 0 Å². The molecule has 0 aromatic heterocycles. The number of ether oxygens (including phenoxy) is 1. The zero-order valence-electron chi connectivity index (χ0n) is 14.5. The van der Waals surface area contributed by atoms with Crippen molar-refractivity contribution in [3.63, 3.8) is 0 Å². The first kappa shape index (κ1) is 15.6. The van der Waals surface area contributed by atoms with E-state index in [2.05, 4.69) is 54.2 Å². The molecule has 4 atom stereocenters. The summed E-state index contributed by atoms with van der Waals surface area (Å²) in [6.07, 6.45) is 4.31. The van der Waals surface area contributed by atoms with Gasteiger partial charge in [0.15, 0.2) is 0 Å². The summed E-state index contributed by atoms with van der Waals surface area (Å²) >= 11 is 0. The van der Waals surface area contributed by atoms with Crippen LogP contribution in [0, 0.1) is 17.8 Å². The van der Waals surface area contributed by atoms with E-state index in [9.17, 15) is 0 Å². The van der Waals surface area contributed by atoms with E-state index in [4.69, 9.17) is 4.74 Å². The SMILES string of the molecule is CN(C)C1CCC(OCC2C3CN(Cc4ccccc4)CC23)C1. The molecule has 4 rings (SSSR count). The first-order valence-electron chi connectivity index (χ1n) is 9.25. The molecule has 0 bridgehead atoms. The van der Waals surface area contributed by atoms with E-state index in [0.29, 0.717) is 6.10 Å². The van der Waals surface area contributed by atoms with Gasteiger partial charge in [0.2, 0.25) is 0 Å². The van der Waals surface area contributed by atoms with Crippen LogP contribution in [0.2, 0.25) is 0 Å². The van der Waals surface area contributed by atoms with Crippen molar-refractivity contribution in [2.45, 2.75) is 38.0 Å². The largest absolute Gasteiger partial charge is 0.378 e. The smallest absolute Gasteiger partial charge is 0.0590 e. The zero-order valence-corrected chi connectivity index (χ0v) is 14.5. The summed E-state index contributed by atoms with van der Waals surface area (Å²) in [7, 11) is 4.39. The lowest BCUT2D eigenvalue weighted by Gasteiger charge is -2.21. The lowest BCUT2D eigenvalue weighted by Crippen LogP contribution is -2.27. The number of hydrogen-bond donors (Lipinski definition) is 0. The van der Waals surface area contributed by atoms with Gasteiger partial charge < -0.3 is 9.64 Å². The van der Waals surface area contributed by atoms with Crippen LogP contribution in [0.3, 0.4) is 0 Å². The van der Waals surface area contributed by atoms with Gasteiger partial charge in [-0.1, -0.05) is 30.3 Å². The highest BCUT2D eigenvalue weighted by atomic mass is 16.5. The van der Waals surface area contributed by atoms with Crippen LogP contribution in [0.1, 0.15) is 24.8 Å². The predicted octanol–water partition coefficient (Wildman–Crippen LogP) is 2.86. The standard InChI is InChI=1S/C20H30N2O/c1-21(2)16-8-9-17(10-16)23-14-20-18-12-22(13-19(18)20)11-15-6-4-3-5-7-15/h3-7,16-20H,8-14H2,1-2H3. The topological polar surface area (TPSA) is 15.7 Å². The monoisotopic (exact) mass is 314 g/mol. The fraction of sp³-hybridized carbons (Fsp3) is 0.700. The molecule has 1 heterocycles. The quantitative estimate of drug-likeness (QED) is 0.803. The average Bonchev–Trinajstić information content (AvgIpc) is 2.95. The van der Waals surface area contributed by atoms with Gasteiger partial charge in [-0.3, -0.25) is 4.90 Å². The third kappa shape index (κ3) is 3.47. The highest BCUT2D eigenvalue weighted by Gasteiger charge is 2.55. The van der Waals surface area contributed by atoms with E-state index in [1.807, 2.05) is 0 Å². The fourth-order valence-corrected chi connectivity index (χ4v) is 4.74. The van der Waals surface area contributed by atoms with Gasteiger partial charge in [-0.05, 0) is 56.7 Å². The van der Waals surface area contributed by atoms with Crippen molar-refractivity contribution in [2.75, 3.05) is 33.8 Å². The van der Waals surface area contributed by atoms with E-state index >= 15 is 0 Å². The van der Waals surface area contributed by atoms with E-state index in [-0.39, 0.29) is 0 Å². The molecule has 2 aliphatic carbocycles. The molecule has 0 N–H and O–H groups in total. The maximum atomic E-state index is 6.25. The summed E-state index contributed by atoms with van der Waals surface area (Å²) in [6, 6.07) is 11.6. The Hall–Kier alpha value is -0.900. The second-order valence-corrected chi connectivity index (χ2v) is 8.06. The lowest BCUT2D eigenvalue weighted by atomic mass is 10.2. The Kier molecular flexibility index (Phi) is 4.44. The molecule has 1 saturated heterocycles. The van der Waals surface area contributed by atoms with Crippen molar-refractivity contribution in [2.24, 2.45) is 17.8 Å². The van der Waals surface area contributed by atoms with Crippen LogP contribution in [0.15, 0.2) is 30.3 Å². The molecular weight excluding hydrogens is 284 g/mol. The molecule has 3 aliphatic rings. The van der Waals surface area contributed by atoms with Crippen LogP contribution in [0.5, 0.6) is 0 Å². The molecule has 1 aromatic carbocycles. The minimum absolute atomic E-state index is 0.518. The lowest BCUT2D eigenvalue weighted by molar-refractivity contribution is 0.0384. The highest BCUT2D eigenvalue weighted by molar-refractivity contribution is 5.16. The van der Waals surface area contributed by atoms with Crippen LogP contribution < -0.4 is 0 Å². The first-order chi connectivity index (χ1) is 11.2. The number of benzene rings is 1. The molecule has 1 aliphatic heterocycles. The number of likely N-dealkylation sites (tertiary alicyclic amines) is 1. The molecule has 3 fully saturated rings. The minimum Gasteiger partial charge on any atom is -0.378 e. The third-order valence-corrected chi connectivity index (χ3v) is 6.31. The van der Waals surface area contributed by atoms with Gasteiger partial charge in [0.1, 0.15) is 0 Å².